The molecule has 0 spiro atoms. The summed E-state index contributed by atoms with van der Waals surface area (Å²) in [6, 6.07) is 7.75. The summed E-state index contributed by atoms with van der Waals surface area (Å²) in [5.41, 5.74) is 0.724. The molecule has 2 N–H and O–H groups in total. The molecule has 0 aromatic heterocycles. The number of ether oxygens (including phenoxy) is 1. The van der Waals surface area contributed by atoms with Crippen LogP contribution in [-0.2, 0) is 0 Å². The van der Waals surface area contributed by atoms with Gasteiger partial charge >= 0.3 is 6.03 Å². The number of benzene rings is 1. The second kappa shape index (κ2) is 5.32. The summed E-state index contributed by atoms with van der Waals surface area (Å²) >= 11 is 0. The van der Waals surface area contributed by atoms with Gasteiger partial charge in [0.25, 0.3) is 0 Å². The number of fused-ring (bicyclic) bond motifs is 1. The van der Waals surface area contributed by atoms with Crippen molar-refractivity contribution in [3.8, 4) is 5.75 Å². The maximum atomic E-state index is 12.5. The number of carbonyl (C=O) groups is 1. The summed E-state index contributed by atoms with van der Waals surface area (Å²) in [4.78, 5) is 14.4. The molecule has 1 aromatic carbocycles. The van der Waals surface area contributed by atoms with E-state index in [1.165, 1.54) is 0 Å². The van der Waals surface area contributed by atoms with Gasteiger partial charge in [0, 0.05) is 25.7 Å². The number of para-hydroxylation sites is 2. The Morgan fingerprint density at radius 1 is 1.40 bits per heavy atom. The fourth-order valence-electron chi connectivity index (χ4n) is 3.37. The molecule has 5 heteroatoms. The van der Waals surface area contributed by atoms with Gasteiger partial charge in [-0.05, 0) is 30.9 Å². The molecule has 0 radical (unpaired) electrons. The molecule has 5 nitrogen and oxygen atoms in total. The number of nitrogens with one attached hydrogen (secondary N) is 2. The van der Waals surface area contributed by atoms with Crippen molar-refractivity contribution in [2.24, 2.45) is 11.8 Å². The van der Waals surface area contributed by atoms with Crippen LogP contribution in [0.15, 0.2) is 24.3 Å². The van der Waals surface area contributed by atoms with Crippen LogP contribution in [0.3, 0.4) is 0 Å². The normalized spacial score (nSPS) is 28.3. The van der Waals surface area contributed by atoms with Gasteiger partial charge < -0.3 is 20.3 Å². The van der Waals surface area contributed by atoms with Crippen LogP contribution in [0.25, 0.3) is 0 Å². The van der Waals surface area contributed by atoms with E-state index in [0.29, 0.717) is 17.6 Å². The van der Waals surface area contributed by atoms with Crippen LogP contribution in [0.5, 0.6) is 5.75 Å². The maximum Gasteiger partial charge on any atom is 0.322 e. The summed E-state index contributed by atoms with van der Waals surface area (Å²) in [6.07, 6.45) is 0. The van der Waals surface area contributed by atoms with Crippen LogP contribution in [0.2, 0.25) is 0 Å². The second-order valence-electron chi connectivity index (χ2n) is 5.61. The molecule has 2 saturated heterocycles. The number of hydrogen-bond donors (Lipinski definition) is 2. The summed E-state index contributed by atoms with van der Waals surface area (Å²) in [7, 11) is 1.61. The van der Waals surface area contributed by atoms with E-state index in [4.69, 9.17) is 4.74 Å². The molecule has 2 aliphatic heterocycles. The molecule has 2 heterocycles. The first kappa shape index (κ1) is 13.2. The van der Waals surface area contributed by atoms with Crippen molar-refractivity contribution >= 4 is 11.7 Å². The Hall–Kier alpha value is -1.75. The van der Waals surface area contributed by atoms with Crippen LogP contribution >= 0.6 is 0 Å². The minimum Gasteiger partial charge on any atom is -0.495 e. The van der Waals surface area contributed by atoms with Crippen molar-refractivity contribution in [1.29, 1.82) is 0 Å². The number of anilines is 1. The highest BCUT2D eigenvalue weighted by molar-refractivity contribution is 5.91. The monoisotopic (exact) mass is 275 g/mol. The molecule has 2 aliphatic rings. The zero-order valence-electron chi connectivity index (χ0n) is 11.9. The lowest BCUT2D eigenvalue weighted by atomic mass is 9.95. The molecule has 3 rings (SSSR count). The van der Waals surface area contributed by atoms with E-state index < -0.39 is 0 Å². The largest absolute Gasteiger partial charge is 0.495 e. The predicted octanol–water partition coefficient (Wildman–Crippen LogP) is 1.77. The van der Waals surface area contributed by atoms with E-state index >= 15 is 0 Å². The Bertz CT molecular complexity index is 506. The molecule has 108 valence electrons. The molecule has 3 atom stereocenters. The first-order valence-corrected chi connectivity index (χ1v) is 7.12. The topological polar surface area (TPSA) is 53.6 Å². The SMILES string of the molecule is COc1ccccc1NC(=O)N1CC2CNCC2C1C. The number of hydrogen-bond acceptors (Lipinski definition) is 3. The first-order chi connectivity index (χ1) is 9.70. The number of rotatable bonds is 2. The Kier molecular flexibility index (Phi) is 3.53. The molecular weight excluding hydrogens is 254 g/mol. The second-order valence-corrected chi connectivity index (χ2v) is 5.61. The number of methoxy groups -OCH3 is 1. The van der Waals surface area contributed by atoms with E-state index in [-0.39, 0.29) is 12.1 Å². The van der Waals surface area contributed by atoms with E-state index in [9.17, 15) is 4.79 Å². The van der Waals surface area contributed by atoms with Gasteiger partial charge in [-0.15, -0.1) is 0 Å². The van der Waals surface area contributed by atoms with Crippen molar-refractivity contribution in [3.05, 3.63) is 24.3 Å². The number of likely N-dealkylation sites (tertiary alicyclic amines) is 1. The third kappa shape index (κ3) is 2.22. The van der Waals surface area contributed by atoms with Crippen molar-refractivity contribution < 1.29 is 9.53 Å². The fraction of sp³-hybridized carbons (Fsp3) is 0.533. The van der Waals surface area contributed by atoms with Gasteiger partial charge in [-0.3, -0.25) is 0 Å². The summed E-state index contributed by atoms with van der Waals surface area (Å²) in [6.45, 7) is 5.01. The van der Waals surface area contributed by atoms with Crippen LogP contribution in [0.1, 0.15) is 6.92 Å². The Labute approximate surface area is 119 Å². The van der Waals surface area contributed by atoms with E-state index in [0.717, 1.165) is 25.3 Å². The lowest BCUT2D eigenvalue weighted by molar-refractivity contribution is 0.203. The lowest BCUT2D eigenvalue weighted by Gasteiger charge is -2.25. The molecular formula is C15H21N3O2. The molecule has 0 bridgehead atoms. The Morgan fingerprint density at radius 3 is 2.95 bits per heavy atom. The third-order valence-corrected chi connectivity index (χ3v) is 4.54. The highest BCUT2D eigenvalue weighted by atomic mass is 16.5. The minimum absolute atomic E-state index is 0.0311. The van der Waals surface area contributed by atoms with Crippen LogP contribution < -0.4 is 15.4 Å². The predicted molar refractivity (Wildman–Crippen MR) is 78.0 cm³/mol. The number of urea groups is 1. The number of amides is 2. The van der Waals surface area contributed by atoms with Gasteiger partial charge in [0.2, 0.25) is 0 Å². The lowest BCUT2D eigenvalue weighted by Crippen LogP contribution is -2.40. The molecule has 0 aliphatic carbocycles. The van der Waals surface area contributed by atoms with Gasteiger partial charge in [0.15, 0.2) is 0 Å². The highest BCUT2D eigenvalue weighted by Gasteiger charge is 2.43. The maximum absolute atomic E-state index is 12.5. The fourth-order valence-corrected chi connectivity index (χ4v) is 3.37. The highest BCUT2D eigenvalue weighted by Crippen LogP contribution is 2.33. The number of nitrogens with zero attached hydrogens (tertiary/aromatic N) is 1. The van der Waals surface area contributed by atoms with Crippen molar-refractivity contribution in [2.45, 2.75) is 13.0 Å². The zero-order chi connectivity index (χ0) is 14.1. The standard InChI is InChI=1S/C15H21N3O2/c1-10-12-8-16-7-11(12)9-18(10)15(19)17-13-5-3-4-6-14(13)20-2/h3-6,10-12,16H,7-9H2,1-2H3,(H,17,19). The van der Waals surface area contributed by atoms with E-state index in [1.54, 1.807) is 7.11 Å². The zero-order valence-corrected chi connectivity index (χ0v) is 11.9. The molecule has 3 unspecified atom stereocenters. The third-order valence-electron chi connectivity index (χ3n) is 4.54. The molecule has 2 amide bonds. The van der Waals surface area contributed by atoms with E-state index in [1.807, 2.05) is 29.2 Å². The average molecular weight is 275 g/mol. The van der Waals surface area contributed by atoms with Gasteiger partial charge in [0.1, 0.15) is 5.75 Å². The van der Waals surface area contributed by atoms with Crippen molar-refractivity contribution in [1.82, 2.24) is 10.2 Å². The molecule has 20 heavy (non-hydrogen) atoms. The van der Waals surface area contributed by atoms with Gasteiger partial charge in [-0.1, -0.05) is 12.1 Å². The van der Waals surface area contributed by atoms with Crippen LogP contribution in [0.4, 0.5) is 10.5 Å². The quantitative estimate of drug-likeness (QED) is 0.865. The average Bonchev–Trinajstić information content (AvgIpc) is 3.03. The van der Waals surface area contributed by atoms with E-state index in [2.05, 4.69) is 17.6 Å². The summed E-state index contributed by atoms with van der Waals surface area (Å²) < 4.78 is 5.27. The minimum atomic E-state index is -0.0311. The summed E-state index contributed by atoms with van der Waals surface area (Å²) in [5.74, 6) is 1.86. The molecule has 0 saturated carbocycles. The summed E-state index contributed by atoms with van der Waals surface area (Å²) in [5, 5.41) is 6.37. The van der Waals surface area contributed by atoms with Gasteiger partial charge in [-0.2, -0.15) is 0 Å². The van der Waals surface area contributed by atoms with Gasteiger partial charge in [0.05, 0.1) is 12.8 Å². The molecule has 2 fully saturated rings. The number of carbonyl (C=O) groups excluding carboxylic acids is 1. The smallest absolute Gasteiger partial charge is 0.322 e. The van der Waals surface area contributed by atoms with Crippen LogP contribution in [0, 0.1) is 11.8 Å². The molecule has 1 aromatic rings. The Morgan fingerprint density at radius 2 is 2.20 bits per heavy atom. The van der Waals surface area contributed by atoms with Crippen molar-refractivity contribution in [2.75, 3.05) is 32.1 Å². The van der Waals surface area contributed by atoms with Crippen molar-refractivity contribution in [3.63, 3.8) is 0 Å². The Balaban J connectivity index is 1.71. The van der Waals surface area contributed by atoms with Gasteiger partial charge in [-0.25, -0.2) is 4.79 Å². The van der Waals surface area contributed by atoms with Crippen LogP contribution in [-0.4, -0.2) is 43.7 Å². The first-order valence-electron chi connectivity index (χ1n) is 7.12.